The molecule has 2 N–H and O–H groups in total. The molecule has 0 radical (unpaired) electrons. The van der Waals surface area contributed by atoms with Gasteiger partial charge in [-0.3, -0.25) is 14.4 Å². The highest BCUT2D eigenvalue weighted by atomic mass is 16.5. The molecule has 0 saturated carbocycles. The summed E-state index contributed by atoms with van der Waals surface area (Å²) in [5, 5.41) is 5.75. The van der Waals surface area contributed by atoms with Gasteiger partial charge in [-0.2, -0.15) is 0 Å². The van der Waals surface area contributed by atoms with Crippen LogP contribution in [0, 0.1) is 6.92 Å². The summed E-state index contributed by atoms with van der Waals surface area (Å²) in [6.07, 6.45) is 1.11. The molecular weight excluding hydrogens is 404 g/mol. The highest BCUT2D eigenvalue weighted by molar-refractivity contribution is 6.04. The number of nitrogens with one attached hydrogen (secondary N) is 2. The first-order chi connectivity index (χ1) is 15.4. The van der Waals surface area contributed by atoms with Crippen LogP contribution in [-0.4, -0.2) is 17.8 Å². The molecule has 0 unspecified atom stereocenters. The van der Waals surface area contributed by atoms with Crippen molar-refractivity contribution in [3.05, 3.63) is 95.1 Å². The maximum Gasteiger partial charge on any atom is 0.308 e. The lowest BCUT2D eigenvalue weighted by Gasteiger charge is -2.10. The summed E-state index contributed by atoms with van der Waals surface area (Å²) < 4.78 is 5.02. The van der Waals surface area contributed by atoms with Crippen molar-refractivity contribution in [2.24, 2.45) is 0 Å². The van der Waals surface area contributed by atoms with E-state index in [1.54, 1.807) is 24.3 Å². The molecular formula is C26H26N2O4. The highest BCUT2D eigenvalue weighted by Crippen LogP contribution is 2.17. The molecule has 0 aliphatic carbocycles. The van der Waals surface area contributed by atoms with Gasteiger partial charge in [0.05, 0.1) is 0 Å². The molecule has 0 heterocycles. The summed E-state index contributed by atoms with van der Waals surface area (Å²) in [6.45, 7) is 3.71. The van der Waals surface area contributed by atoms with E-state index in [0.717, 1.165) is 11.1 Å². The summed E-state index contributed by atoms with van der Waals surface area (Å²) in [6, 6.07) is 21.8. The van der Waals surface area contributed by atoms with E-state index in [4.69, 9.17) is 4.74 Å². The van der Waals surface area contributed by atoms with Crippen molar-refractivity contribution in [2.75, 3.05) is 5.32 Å². The number of benzene rings is 3. The molecule has 3 rings (SSSR count). The highest BCUT2D eigenvalue weighted by Gasteiger charge is 2.09. The number of anilines is 1. The van der Waals surface area contributed by atoms with E-state index in [-0.39, 0.29) is 11.8 Å². The Balaban J connectivity index is 1.53. The Hall–Kier alpha value is -3.93. The molecule has 0 bridgehead atoms. The summed E-state index contributed by atoms with van der Waals surface area (Å²) in [7, 11) is 0. The average Bonchev–Trinajstić information content (AvgIpc) is 2.76. The zero-order valence-corrected chi connectivity index (χ0v) is 18.2. The molecule has 32 heavy (non-hydrogen) atoms. The van der Waals surface area contributed by atoms with Gasteiger partial charge in [-0.25, -0.2) is 0 Å². The lowest BCUT2D eigenvalue weighted by atomic mass is 10.1. The van der Waals surface area contributed by atoms with E-state index in [2.05, 4.69) is 16.7 Å². The number of carbonyl (C=O) groups is 3. The van der Waals surface area contributed by atoms with E-state index in [9.17, 15) is 14.4 Å². The maximum absolute atomic E-state index is 12.6. The van der Waals surface area contributed by atoms with Gasteiger partial charge >= 0.3 is 5.97 Å². The number of hydrogen-bond donors (Lipinski definition) is 2. The van der Waals surface area contributed by atoms with Crippen LogP contribution in [0.25, 0.3) is 0 Å². The SMILES string of the molecule is CC(=O)Oc1cccc(C(=O)Nc2cccc(CNC(=O)CCc3cccc(C)c3)c2)c1. The smallest absolute Gasteiger partial charge is 0.308 e. The minimum Gasteiger partial charge on any atom is -0.427 e. The Kier molecular flexibility index (Phi) is 7.75. The zero-order valence-electron chi connectivity index (χ0n) is 18.2. The number of aryl methyl sites for hydroxylation is 2. The van der Waals surface area contributed by atoms with Gasteiger partial charge in [0.25, 0.3) is 5.91 Å². The number of rotatable bonds is 8. The number of carbonyl (C=O) groups excluding carboxylic acids is 3. The molecule has 0 atom stereocenters. The van der Waals surface area contributed by atoms with E-state index in [1.807, 2.05) is 43.3 Å². The monoisotopic (exact) mass is 430 g/mol. The molecule has 0 fully saturated rings. The molecule has 6 heteroatoms. The van der Waals surface area contributed by atoms with Crippen LogP contribution < -0.4 is 15.4 Å². The lowest BCUT2D eigenvalue weighted by molar-refractivity contribution is -0.131. The van der Waals surface area contributed by atoms with Gasteiger partial charge in [0.2, 0.25) is 5.91 Å². The lowest BCUT2D eigenvalue weighted by Crippen LogP contribution is -2.23. The third kappa shape index (κ3) is 7.09. The van der Waals surface area contributed by atoms with E-state index in [1.165, 1.54) is 18.6 Å². The molecule has 0 spiro atoms. The van der Waals surface area contributed by atoms with Crippen LogP contribution in [0.15, 0.2) is 72.8 Å². The summed E-state index contributed by atoms with van der Waals surface area (Å²) >= 11 is 0. The average molecular weight is 431 g/mol. The van der Waals surface area contributed by atoms with Gasteiger partial charge in [-0.1, -0.05) is 48.0 Å². The van der Waals surface area contributed by atoms with Crippen molar-refractivity contribution in [2.45, 2.75) is 33.2 Å². The normalized spacial score (nSPS) is 10.3. The summed E-state index contributed by atoms with van der Waals surface area (Å²) in [5.74, 6) is -0.481. The quantitative estimate of drug-likeness (QED) is 0.409. The second-order valence-electron chi connectivity index (χ2n) is 7.54. The van der Waals surface area contributed by atoms with Crippen LogP contribution in [0.5, 0.6) is 5.75 Å². The van der Waals surface area contributed by atoms with Crippen LogP contribution in [0.4, 0.5) is 5.69 Å². The first-order valence-electron chi connectivity index (χ1n) is 10.4. The van der Waals surface area contributed by atoms with Crippen LogP contribution in [0.1, 0.15) is 40.4 Å². The van der Waals surface area contributed by atoms with Crippen LogP contribution in [0.2, 0.25) is 0 Å². The van der Waals surface area contributed by atoms with Gasteiger partial charge < -0.3 is 15.4 Å². The molecule has 164 valence electrons. The largest absolute Gasteiger partial charge is 0.427 e. The second-order valence-corrected chi connectivity index (χ2v) is 7.54. The Labute approximate surface area is 187 Å². The molecule has 2 amide bonds. The Morgan fingerprint density at radius 2 is 1.62 bits per heavy atom. The minimum absolute atomic E-state index is 0.0248. The number of esters is 1. The van der Waals surface area contributed by atoms with Crippen molar-refractivity contribution in [1.82, 2.24) is 5.32 Å². The molecule has 3 aromatic rings. The van der Waals surface area contributed by atoms with E-state index < -0.39 is 5.97 Å². The molecule has 3 aromatic carbocycles. The number of ether oxygens (including phenoxy) is 1. The van der Waals surface area contributed by atoms with Crippen molar-refractivity contribution in [3.63, 3.8) is 0 Å². The summed E-state index contributed by atoms with van der Waals surface area (Å²) in [5.41, 5.74) is 4.18. The fourth-order valence-electron chi connectivity index (χ4n) is 3.24. The Morgan fingerprint density at radius 3 is 2.41 bits per heavy atom. The summed E-state index contributed by atoms with van der Waals surface area (Å²) in [4.78, 5) is 35.9. The molecule has 0 aliphatic heterocycles. The molecule has 0 aliphatic rings. The first-order valence-corrected chi connectivity index (χ1v) is 10.4. The third-order valence-corrected chi connectivity index (χ3v) is 4.76. The topological polar surface area (TPSA) is 84.5 Å². The fourth-order valence-corrected chi connectivity index (χ4v) is 3.24. The van der Waals surface area contributed by atoms with Gasteiger partial charge in [0.1, 0.15) is 5.75 Å². The molecule has 6 nitrogen and oxygen atoms in total. The predicted octanol–water partition coefficient (Wildman–Crippen LogP) is 4.42. The molecule has 0 aromatic heterocycles. The fraction of sp³-hybridized carbons (Fsp3) is 0.192. The van der Waals surface area contributed by atoms with Gasteiger partial charge in [0.15, 0.2) is 0 Å². The molecule has 0 saturated heterocycles. The standard InChI is InChI=1S/C26H26N2O4/c1-18-6-3-7-20(14-18)12-13-25(30)27-17-21-8-4-10-23(15-21)28-26(31)22-9-5-11-24(16-22)32-19(2)29/h3-11,14-16H,12-13,17H2,1-2H3,(H,27,30)(H,28,31). The van der Waals surface area contributed by atoms with Crippen LogP contribution in [0.3, 0.4) is 0 Å². The number of hydrogen-bond acceptors (Lipinski definition) is 4. The Bertz CT molecular complexity index is 1120. The van der Waals surface area contributed by atoms with E-state index >= 15 is 0 Å². The van der Waals surface area contributed by atoms with Gasteiger partial charge in [-0.15, -0.1) is 0 Å². The van der Waals surface area contributed by atoms with Gasteiger partial charge in [-0.05, 0) is 54.8 Å². The van der Waals surface area contributed by atoms with Crippen LogP contribution in [-0.2, 0) is 22.6 Å². The third-order valence-electron chi connectivity index (χ3n) is 4.76. The van der Waals surface area contributed by atoms with E-state index in [0.29, 0.717) is 36.4 Å². The maximum atomic E-state index is 12.6. The number of amides is 2. The zero-order chi connectivity index (χ0) is 22.9. The minimum atomic E-state index is -0.448. The second kappa shape index (κ2) is 10.9. The van der Waals surface area contributed by atoms with Gasteiger partial charge in [0, 0.05) is 31.1 Å². The Morgan fingerprint density at radius 1 is 0.875 bits per heavy atom. The van der Waals surface area contributed by atoms with Crippen LogP contribution >= 0.6 is 0 Å². The van der Waals surface area contributed by atoms with Crippen molar-refractivity contribution in [3.8, 4) is 5.75 Å². The van der Waals surface area contributed by atoms with Crippen molar-refractivity contribution >= 4 is 23.5 Å². The van der Waals surface area contributed by atoms with Crippen molar-refractivity contribution in [1.29, 1.82) is 0 Å². The van der Waals surface area contributed by atoms with Crippen molar-refractivity contribution < 1.29 is 19.1 Å². The predicted molar refractivity (Wildman–Crippen MR) is 123 cm³/mol. The first kappa shape index (κ1) is 22.7.